The lowest BCUT2D eigenvalue weighted by Crippen LogP contribution is -2.05. The van der Waals surface area contributed by atoms with E-state index < -0.39 is 0 Å². The van der Waals surface area contributed by atoms with Gasteiger partial charge in [0.15, 0.2) is 0 Å². The molecule has 0 saturated heterocycles. The Bertz CT molecular complexity index is 614. The first-order chi connectivity index (χ1) is 9.01. The third-order valence-corrected chi connectivity index (χ3v) is 3.83. The second kappa shape index (κ2) is 5.88. The smallest absolute Gasteiger partial charge is 0.139 e. The Balaban J connectivity index is 2.40. The second-order valence-electron chi connectivity index (χ2n) is 4.09. The number of hydrogen-bond acceptors (Lipinski definition) is 4. The Morgan fingerprint density at radius 2 is 1.74 bits per heavy atom. The summed E-state index contributed by atoms with van der Waals surface area (Å²) < 4.78 is 2.00. The molecule has 2 aromatic rings. The summed E-state index contributed by atoms with van der Waals surface area (Å²) in [7, 11) is 1.86. The number of nitrogens with one attached hydrogen (secondary N) is 2. The molecule has 1 aromatic carbocycles. The van der Waals surface area contributed by atoms with Gasteiger partial charge in [-0.1, -0.05) is 15.9 Å². The minimum absolute atomic E-state index is 0.727. The van der Waals surface area contributed by atoms with Crippen LogP contribution in [0.25, 0.3) is 0 Å². The molecule has 0 fully saturated rings. The van der Waals surface area contributed by atoms with Crippen LogP contribution in [0.3, 0.4) is 0 Å². The molecule has 0 spiro atoms. The maximum atomic E-state index is 4.45. The number of halogens is 2. The molecular weight excluding hydrogens is 372 g/mol. The Morgan fingerprint density at radius 3 is 2.37 bits per heavy atom. The molecule has 4 nitrogen and oxygen atoms in total. The van der Waals surface area contributed by atoms with Crippen LogP contribution < -0.4 is 10.6 Å². The van der Waals surface area contributed by atoms with Crippen LogP contribution in [0.1, 0.15) is 11.4 Å². The van der Waals surface area contributed by atoms with Crippen LogP contribution >= 0.6 is 31.9 Å². The van der Waals surface area contributed by atoms with Crippen molar-refractivity contribution in [2.24, 2.45) is 0 Å². The van der Waals surface area contributed by atoms with Gasteiger partial charge in [-0.15, -0.1) is 0 Å². The van der Waals surface area contributed by atoms with Crippen molar-refractivity contribution in [3.05, 3.63) is 38.5 Å². The Labute approximate surface area is 129 Å². The molecule has 0 aliphatic carbocycles. The van der Waals surface area contributed by atoms with Gasteiger partial charge < -0.3 is 10.6 Å². The Kier molecular flexibility index (Phi) is 4.42. The Hall–Kier alpha value is -1.14. The van der Waals surface area contributed by atoms with E-state index in [1.165, 1.54) is 0 Å². The van der Waals surface area contributed by atoms with E-state index in [4.69, 9.17) is 0 Å². The molecule has 100 valence electrons. The molecule has 0 saturated carbocycles. The lowest BCUT2D eigenvalue weighted by Gasteiger charge is -2.13. The van der Waals surface area contributed by atoms with Gasteiger partial charge in [-0.3, -0.25) is 0 Å². The van der Waals surface area contributed by atoms with Gasteiger partial charge in [0.2, 0.25) is 0 Å². The predicted molar refractivity (Wildman–Crippen MR) is 86.2 cm³/mol. The van der Waals surface area contributed by atoms with Gasteiger partial charge in [-0.25, -0.2) is 9.97 Å². The number of anilines is 3. The van der Waals surface area contributed by atoms with Crippen molar-refractivity contribution < 1.29 is 0 Å². The third kappa shape index (κ3) is 3.25. The van der Waals surface area contributed by atoms with Crippen molar-refractivity contribution in [3.63, 3.8) is 0 Å². The average Bonchev–Trinajstić information content (AvgIpc) is 2.36. The first kappa shape index (κ1) is 14.3. The number of rotatable bonds is 3. The van der Waals surface area contributed by atoms with E-state index in [0.717, 1.165) is 37.7 Å². The fourth-order valence-electron chi connectivity index (χ4n) is 1.71. The maximum absolute atomic E-state index is 4.45. The minimum atomic E-state index is 0.727. The summed E-state index contributed by atoms with van der Waals surface area (Å²) in [5.74, 6) is 2.37. The van der Waals surface area contributed by atoms with E-state index in [2.05, 4.69) is 52.5 Å². The lowest BCUT2D eigenvalue weighted by atomic mass is 10.2. The molecule has 19 heavy (non-hydrogen) atoms. The van der Waals surface area contributed by atoms with Crippen LogP contribution in [0.4, 0.5) is 17.3 Å². The first-order valence-corrected chi connectivity index (χ1v) is 7.35. The molecule has 0 unspecified atom stereocenters. The van der Waals surface area contributed by atoms with Gasteiger partial charge in [0.25, 0.3) is 0 Å². The Morgan fingerprint density at radius 1 is 1.05 bits per heavy atom. The number of aromatic nitrogens is 2. The summed E-state index contributed by atoms with van der Waals surface area (Å²) in [6.45, 7) is 3.86. The van der Waals surface area contributed by atoms with Crippen molar-refractivity contribution in [2.45, 2.75) is 13.8 Å². The van der Waals surface area contributed by atoms with Crippen LogP contribution in [0, 0.1) is 13.8 Å². The minimum Gasteiger partial charge on any atom is -0.373 e. The molecule has 0 radical (unpaired) electrons. The predicted octanol–water partition coefficient (Wildman–Crippen LogP) is 4.40. The fourth-order valence-corrected chi connectivity index (χ4v) is 2.86. The van der Waals surface area contributed by atoms with E-state index >= 15 is 0 Å². The fraction of sp³-hybridized carbons (Fsp3) is 0.231. The third-order valence-electron chi connectivity index (χ3n) is 2.68. The van der Waals surface area contributed by atoms with Crippen LogP contribution in [0.2, 0.25) is 0 Å². The summed E-state index contributed by atoms with van der Waals surface area (Å²) in [4.78, 5) is 8.79. The van der Waals surface area contributed by atoms with Gasteiger partial charge in [0.05, 0.1) is 5.69 Å². The van der Waals surface area contributed by atoms with Crippen molar-refractivity contribution >= 4 is 49.2 Å². The lowest BCUT2D eigenvalue weighted by molar-refractivity contribution is 1.03. The largest absolute Gasteiger partial charge is 0.373 e. The zero-order valence-corrected chi connectivity index (χ0v) is 14.1. The van der Waals surface area contributed by atoms with Crippen LogP contribution in [0.5, 0.6) is 0 Å². The van der Waals surface area contributed by atoms with Crippen LogP contribution in [-0.2, 0) is 0 Å². The normalized spacial score (nSPS) is 10.4. The summed E-state index contributed by atoms with van der Waals surface area (Å²) in [5.41, 5.74) is 1.95. The van der Waals surface area contributed by atoms with Gasteiger partial charge >= 0.3 is 0 Å². The monoisotopic (exact) mass is 384 g/mol. The quantitative estimate of drug-likeness (QED) is 0.821. The molecule has 0 bridgehead atoms. The van der Waals surface area contributed by atoms with Crippen molar-refractivity contribution in [1.29, 1.82) is 0 Å². The zero-order valence-electron chi connectivity index (χ0n) is 10.9. The van der Waals surface area contributed by atoms with E-state index in [9.17, 15) is 0 Å². The molecular formula is C13H14Br2N4. The van der Waals surface area contributed by atoms with Crippen molar-refractivity contribution in [1.82, 2.24) is 9.97 Å². The molecule has 1 aromatic heterocycles. The van der Waals surface area contributed by atoms with E-state index in [-0.39, 0.29) is 0 Å². The number of benzene rings is 1. The van der Waals surface area contributed by atoms with E-state index in [1.807, 2.05) is 39.1 Å². The number of hydrogen-bond donors (Lipinski definition) is 2. The highest BCUT2D eigenvalue weighted by molar-refractivity contribution is 9.11. The topological polar surface area (TPSA) is 49.8 Å². The van der Waals surface area contributed by atoms with Gasteiger partial charge in [0, 0.05) is 21.6 Å². The van der Waals surface area contributed by atoms with E-state index in [0.29, 0.717) is 0 Å². The van der Waals surface area contributed by atoms with Crippen LogP contribution in [-0.4, -0.2) is 17.0 Å². The molecule has 0 amide bonds. The molecule has 2 N–H and O–H groups in total. The van der Waals surface area contributed by atoms with E-state index in [1.54, 1.807) is 0 Å². The molecule has 1 heterocycles. The van der Waals surface area contributed by atoms with Gasteiger partial charge in [-0.05, 0) is 48.0 Å². The summed E-state index contributed by atoms with van der Waals surface area (Å²) in [6, 6.07) is 5.96. The zero-order chi connectivity index (χ0) is 14.0. The van der Waals surface area contributed by atoms with Gasteiger partial charge in [0.1, 0.15) is 17.5 Å². The molecule has 6 heteroatoms. The number of aryl methyl sites for hydroxylation is 1. The van der Waals surface area contributed by atoms with Crippen molar-refractivity contribution in [2.75, 3.05) is 17.7 Å². The maximum Gasteiger partial charge on any atom is 0.139 e. The second-order valence-corrected chi connectivity index (χ2v) is 5.86. The first-order valence-electron chi connectivity index (χ1n) is 5.76. The highest BCUT2D eigenvalue weighted by atomic mass is 79.9. The highest BCUT2D eigenvalue weighted by Gasteiger charge is 2.09. The van der Waals surface area contributed by atoms with Gasteiger partial charge in [-0.2, -0.15) is 0 Å². The highest BCUT2D eigenvalue weighted by Crippen LogP contribution is 2.30. The SMILES string of the molecule is CNc1nc(C)nc(Nc2ccc(Br)cc2Br)c1C. The molecule has 2 rings (SSSR count). The number of nitrogens with zero attached hydrogens (tertiary/aromatic N) is 2. The molecule has 0 atom stereocenters. The molecule has 0 aliphatic rings. The molecule has 0 aliphatic heterocycles. The van der Waals surface area contributed by atoms with Crippen molar-refractivity contribution in [3.8, 4) is 0 Å². The standard InChI is InChI=1S/C13H14Br2N4/c1-7-12(16-3)17-8(2)18-13(7)19-11-5-4-9(14)6-10(11)15/h4-6H,1-3H3,(H2,16,17,18,19). The summed E-state index contributed by atoms with van der Waals surface area (Å²) in [5, 5.41) is 6.40. The summed E-state index contributed by atoms with van der Waals surface area (Å²) >= 11 is 6.97. The van der Waals surface area contributed by atoms with Crippen LogP contribution in [0.15, 0.2) is 27.1 Å². The average molecular weight is 386 g/mol. The summed E-state index contributed by atoms with van der Waals surface area (Å²) in [6.07, 6.45) is 0.